The Hall–Kier alpha value is -2.51. The normalized spacial score (nSPS) is 13.3. The van der Waals surface area contributed by atoms with Crippen LogP contribution in [-0.4, -0.2) is 27.4 Å². The lowest BCUT2D eigenvalue weighted by Crippen LogP contribution is -2.52. The number of nitro groups is 1. The summed E-state index contributed by atoms with van der Waals surface area (Å²) in [7, 11) is 0. The predicted molar refractivity (Wildman–Crippen MR) is 71.5 cm³/mol. The van der Waals surface area contributed by atoms with E-state index < -0.39 is 33.8 Å². The summed E-state index contributed by atoms with van der Waals surface area (Å²) in [5, 5.41) is 22.0. The zero-order valence-corrected chi connectivity index (χ0v) is 11.6. The number of nitro benzene ring substituents is 1. The molecule has 114 valence electrons. The Morgan fingerprint density at radius 2 is 2.10 bits per heavy atom. The molecule has 21 heavy (non-hydrogen) atoms. The number of carboxylic acid groups (broad SMARTS) is 1. The maximum Gasteiger partial charge on any atom is 0.329 e. The van der Waals surface area contributed by atoms with Crippen LogP contribution in [-0.2, 0) is 4.79 Å². The zero-order chi connectivity index (χ0) is 16.2. The maximum atomic E-state index is 13.5. The summed E-state index contributed by atoms with van der Waals surface area (Å²) in [6, 6.07) is 2.65. The number of aliphatic carboxylic acids is 1. The number of carboxylic acids is 1. The largest absolute Gasteiger partial charge is 0.480 e. The van der Waals surface area contributed by atoms with Crippen LogP contribution in [0.1, 0.15) is 37.0 Å². The monoisotopic (exact) mass is 298 g/mol. The first-order valence-corrected chi connectivity index (χ1v) is 6.21. The van der Waals surface area contributed by atoms with Crippen LogP contribution >= 0.6 is 0 Å². The lowest BCUT2D eigenvalue weighted by atomic mass is 9.95. The number of carbonyl (C=O) groups excluding carboxylic acids is 1. The van der Waals surface area contributed by atoms with Crippen molar-refractivity contribution in [2.75, 3.05) is 0 Å². The molecule has 8 heteroatoms. The van der Waals surface area contributed by atoms with Gasteiger partial charge < -0.3 is 10.4 Å². The van der Waals surface area contributed by atoms with Crippen molar-refractivity contribution >= 4 is 17.6 Å². The Bertz CT molecular complexity index is 590. The van der Waals surface area contributed by atoms with E-state index in [1.165, 1.54) is 6.92 Å². The molecule has 1 unspecified atom stereocenters. The lowest BCUT2D eigenvalue weighted by Gasteiger charge is -2.25. The van der Waals surface area contributed by atoms with Crippen LogP contribution < -0.4 is 5.32 Å². The van der Waals surface area contributed by atoms with Crippen molar-refractivity contribution in [1.82, 2.24) is 5.32 Å². The van der Waals surface area contributed by atoms with E-state index in [0.29, 0.717) is 12.5 Å². The van der Waals surface area contributed by atoms with Crippen LogP contribution in [0.4, 0.5) is 10.1 Å². The van der Waals surface area contributed by atoms with Crippen molar-refractivity contribution in [2.24, 2.45) is 0 Å². The summed E-state index contributed by atoms with van der Waals surface area (Å²) < 4.78 is 13.5. The summed E-state index contributed by atoms with van der Waals surface area (Å²) >= 11 is 0. The molecule has 0 bridgehead atoms. The highest BCUT2D eigenvalue weighted by Crippen LogP contribution is 2.19. The van der Waals surface area contributed by atoms with E-state index in [2.05, 4.69) is 5.32 Å². The number of nitrogens with zero attached hydrogens (tertiary/aromatic N) is 1. The Morgan fingerprint density at radius 1 is 1.48 bits per heavy atom. The van der Waals surface area contributed by atoms with E-state index in [0.717, 1.165) is 12.1 Å². The van der Waals surface area contributed by atoms with Gasteiger partial charge in [0.25, 0.3) is 5.91 Å². The molecule has 0 radical (unpaired) electrons. The molecule has 0 fully saturated rings. The van der Waals surface area contributed by atoms with Crippen LogP contribution in [0, 0.1) is 15.9 Å². The predicted octanol–water partition coefficient (Wildman–Crippen LogP) is 2.11. The van der Waals surface area contributed by atoms with Crippen molar-refractivity contribution in [2.45, 2.75) is 32.2 Å². The highest BCUT2D eigenvalue weighted by Gasteiger charge is 2.34. The first kappa shape index (κ1) is 16.5. The van der Waals surface area contributed by atoms with Gasteiger partial charge in [-0.1, -0.05) is 13.3 Å². The van der Waals surface area contributed by atoms with Gasteiger partial charge in [0, 0.05) is 11.6 Å². The molecule has 0 saturated heterocycles. The van der Waals surface area contributed by atoms with Gasteiger partial charge in [-0.2, -0.15) is 4.39 Å². The zero-order valence-electron chi connectivity index (χ0n) is 11.6. The van der Waals surface area contributed by atoms with Crippen molar-refractivity contribution < 1.29 is 24.0 Å². The van der Waals surface area contributed by atoms with Crippen LogP contribution in [0.25, 0.3) is 0 Å². The fraction of sp³-hybridized carbons (Fsp3) is 0.385. The Kier molecular flexibility index (Phi) is 4.96. The molecule has 0 aliphatic carbocycles. The van der Waals surface area contributed by atoms with E-state index in [-0.39, 0.29) is 12.0 Å². The molecular weight excluding hydrogens is 283 g/mol. The number of amides is 1. The number of hydrogen-bond acceptors (Lipinski definition) is 4. The van der Waals surface area contributed by atoms with Gasteiger partial charge in [-0.25, -0.2) is 4.79 Å². The van der Waals surface area contributed by atoms with E-state index in [4.69, 9.17) is 5.11 Å². The average Bonchev–Trinajstić information content (AvgIpc) is 2.38. The minimum Gasteiger partial charge on any atom is -0.480 e. The van der Waals surface area contributed by atoms with Gasteiger partial charge in [0.2, 0.25) is 5.82 Å². The number of halogens is 1. The highest BCUT2D eigenvalue weighted by atomic mass is 19.1. The number of hydrogen-bond donors (Lipinski definition) is 2. The molecule has 1 rings (SSSR count). The van der Waals surface area contributed by atoms with Gasteiger partial charge in [-0.05, 0) is 25.5 Å². The number of rotatable bonds is 6. The molecular formula is C13H15FN2O5. The Balaban J connectivity index is 3.01. The van der Waals surface area contributed by atoms with Crippen molar-refractivity contribution in [3.8, 4) is 0 Å². The van der Waals surface area contributed by atoms with Gasteiger partial charge in [-0.15, -0.1) is 0 Å². The summed E-state index contributed by atoms with van der Waals surface area (Å²) in [5.41, 5.74) is -2.41. The molecule has 2 N–H and O–H groups in total. The molecule has 0 saturated carbocycles. The number of nitrogens with one attached hydrogen (secondary N) is 1. The SMILES string of the molecule is CCCC(C)(NC(=O)c1ccc([N+](=O)[O-])c(F)c1)C(=O)O. The first-order chi connectivity index (χ1) is 9.71. The third kappa shape index (κ3) is 3.74. The maximum absolute atomic E-state index is 13.5. The average molecular weight is 298 g/mol. The topological polar surface area (TPSA) is 110 Å². The molecule has 0 heterocycles. The second kappa shape index (κ2) is 6.29. The molecule has 1 amide bonds. The van der Waals surface area contributed by atoms with Crippen molar-refractivity contribution in [3.05, 3.63) is 39.7 Å². The van der Waals surface area contributed by atoms with Crippen LogP contribution in [0.15, 0.2) is 18.2 Å². The third-order valence-corrected chi connectivity index (χ3v) is 3.02. The van der Waals surface area contributed by atoms with E-state index in [1.807, 2.05) is 0 Å². The smallest absolute Gasteiger partial charge is 0.329 e. The second-order valence-corrected chi connectivity index (χ2v) is 4.76. The Morgan fingerprint density at radius 3 is 2.52 bits per heavy atom. The fourth-order valence-corrected chi connectivity index (χ4v) is 1.84. The molecule has 1 aromatic rings. The highest BCUT2D eigenvalue weighted by molar-refractivity contribution is 5.97. The van der Waals surface area contributed by atoms with Crippen LogP contribution in [0.5, 0.6) is 0 Å². The van der Waals surface area contributed by atoms with Gasteiger partial charge in [-0.3, -0.25) is 14.9 Å². The third-order valence-electron chi connectivity index (χ3n) is 3.02. The molecule has 1 aromatic carbocycles. The van der Waals surface area contributed by atoms with Crippen molar-refractivity contribution in [1.29, 1.82) is 0 Å². The molecule has 7 nitrogen and oxygen atoms in total. The van der Waals surface area contributed by atoms with Gasteiger partial charge in [0.1, 0.15) is 5.54 Å². The quantitative estimate of drug-likeness (QED) is 0.617. The number of benzene rings is 1. The van der Waals surface area contributed by atoms with Crippen LogP contribution in [0.3, 0.4) is 0 Å². The van der Waals surface area contributed by atoms with Crippen LogP contribution in [0.2, 0.25) is 0 Å². The van der Waals surface area contributed by atoms with E-state index in [1.54, 1.807) is 6.92 Å². The summed E-state index contributed by atoms with van der Waals surface area (Å²) in [5.74, 6) is -3.16. The van der Waals surface area contributed by atoms with Gasteiger partial charge in [0.15, 0.2) is 0 Å². The van der Waals surface area contributed by atoms with E-state index in [9.17, 15) is 24.1 Å². The van der Waals surface area contributed by atoms with Crippen molar-refractivity contribution in [3.63, 3.8) is 0 Å². The summed E-state index contributed by atoms with van der Waals surface area (Å²) in [6.07, 6.45) is 0.723. The van der Waals surface area contributed by atoms with Gasteiger partial charge in [0.05, 0.1) is 4.92 Å². The fourth-order valence-electron chi connectivity index (χ4n) is 1.84. The molecule has 0 spiro atoms. The minimum atomic E-state index is -1.48. The molecule has 0 aliphatic rings. The molecule has 0 aliphatic heterocycles. The standard InChI is InChI=1S/C13H15FN2O5/c1-3-6-13(2,12(18)19)15-11(17)8-4-5-10(16(20)21)9(14)7-8/h4-5,7H,3,6H2,1-2H3,(H,15,17)(H,18,19). The lowest BCUT2D eigenvalue weighted by molar-refractivity contribution is -0.387. The minimum absolute atomic E-state index is 0.179. The second-order valence-electron chi connectivity index (χ2n) is 4.76. The molecule has 0 aromatic heterocycles. The number of carbonyl (C=O) groups is 2. The van der Waals surface area contributed by atoms with E-state index >= 15 is 0 Å². The Labute approximate surface area is 119 Å². The summed E-state index contributed by atoms with van der Waals surface area (Å²) in [4.78, 5) is 32.8. The molecule has 1 atom stereocenters. The summed E-state index contributed by atoms with van der Waals surface area (Å²) in [6.45, 7) is 3.11. The van der Waals surface area contributed by atoms with Gasteiger partial charge >= 0.3 is 11.7 Å². The first-order valence-electron chi connectivity index (χ1n) is 6.21.